The van der Waals surface area contributed by atoms with Gasteiger partial charge in [0.1, 0.15) is 17.4 Å². The van der Waals surface area contributed by atoms with Gasteiger partial charge in [-0.05, 0) is 62.1 Å². The Bertz CT molecular complexity index is 1080. The molecule has 1 aromatic heterocycles. The molecule has 0 radical (unpaired) electrons. The van der Waals surface area contributed by atoms with Gasteiger partial charge in [0.15, 0.2) is 0 Å². The zero-order chi connectivity index (χ0) is 23.2. The number of aromatic hydroxyl groups is 1. The Balaban J connectivity index is 1.40. The summed E-state index contributed by atoms with van der Waals surface area (Å²) in [6.07, 6.45) is 4.51. The van der Waals surface area contributed by atoms with Crippen molar-refractivity contribution in [1.29, 1.82) is 0 Å². The maximum Gasteiger partial charge on any atom is 0.147 e. The van der Waals surface area contributed by atoms with Gasteiger partial charge in [0.05, 0.1) is 11.7 Å². The maximum atomic E-state index is 11.8. The molecule has 2 heterocycles. The van der Waals surface area contributed by atoms with E-state index in [1.807, 2.05) is 24.4 Å². The first kappa shape index (κ1) is 23.1. The molecule has 0 aliphatic carbocycles. The maximum absolute atomic E-state index is 11.8. The quantitative estimate of drug-likeness (QED) is 0.551. The topological polar surface area (TPSA) is 78.4 Å². The highest BCUT2D eigenvalue weighted by Gasteiger charge is 2.27. The summed E-state index contributed by atoms with van der Waals surface area (Å²) in [5.41, 5.74) is 4.43. The zero-order valence-electron chi connectivity index (χ0n) is 19.4. The predicted molar refractivity (Wildman–Crippen MR) is 130 cm³/mol. The van der Waals surface area contributed by atoms with Gasteiger partial charge in [0, 0.05) is 43.9 Å². The smallest absolute Gasteiger partial charge is 0.147 e. The Morgan fingerprint density at radius 1 is 1.12 bits per heavy atom. The number of ketones is 1. The number of hydrogen-bond donors (Lipinski definition) is 2. The van der Waals surface area contributed by atoms with Crippen molar-refractivity contribution < 1.29 is 9.90 Å². The van der Waals surface area contributed by atoms with Gasteiger partial charge in [-0.2, -0.15) is 0 Å². The summed E-state index contributed by atoms with van der Waals surface area (Å²) in [4.78, 5) is 23.5. The van der Waals surface area contributed by atoms with Gasteiger partial charge in [-0.3, -0.25) is 9.69 Å². The Hall–Kier alpha value is -3.09. The summed E-state index contributed by atoms with van der Waals surface area (Å²) in [6.45, 7) is 6.22. The second-order valence-electron chi connectivity index (χ2n) is 8.93. The van der Waals surface area contributed by atoms with Gasteiger partial charge in [-0.25, -0.2) is 9.97 Å². The van der Waals surface area contributed by atoms with Crippen LogP contribution in [0.2, 0.25) is 0 Å². The lowest BCUT2D eigenvalue weighted by molar-refractivity contribution is -0.120. The van der Waals surface area contributed by atoms with Crippen molar-refractivity contribution in [2.24, 2.45) is 0 Å². The first-order valence-corrected chi connectivity index (χ1v) is 11.6. The van der Waals surface area contributed by atoms with Crippen LogP contribution in [0, 0.1) is 0 Å². The molecule has 1 aliphatic rings. The van der Waals surface area contributed by atoms with E-state index in [2.05, 4.69) is 46.4 Å². The number of hydrogen-bond acceptors (Lipinski definition) is 6. The van der Waals surface area contributed by atoms with E-state index in [9.17, 15) is 9.90 Å². The number of benzene rings is 2. The minimum atomic E-state index is -0.0876. The van der Waals surface area contributed by atoms with E-state index in [1.54, 1.807) is 19.1 Å². The molecule has 6 heteroatoms. The Kier molecular flexibility index (Phi) is 7.47. The molecule has 1 fully saturated rings. The van der Waals surface area contributed by atoms with Crippen molar-refractivity contribution in [1.82, 2.24) is 20.2 Å². The molecule has 2 N–H and O–H groups in total. The molecule has 0 bridgehead atoms. The third-order valence-corrected chi connectivity index (χ3v) is 6.31. The van der Waals surface area contributed by atoms with E-state index in [1.165, 1.54) is 11.1 Å². The van der Waals surface area contributed by atoms with Crippen LogP contribution < -0.4 is 5.32 Å². The molecule has 4 rings (SSSR count). The lowest BCUT2D eigenvalue weighted by atomic mass is 10.0. The summed E-state index contributed by atoms with van der Waals surface area (Å²) in [5.74, 6) is 1.33. The molecule has 6 nitrogen and oxygen atoms in total. The van der Waals surface area contributed by atoms with E-state index in [-0.39, 0.29) is 11.8 Å². The van der Waals surface area contributed by atoms with Crippen LogP contribution in [0.4, 0.5) is 0 Å². The fourth-order valence-electron chi connectivity index (χ4n) is 4.27. The van der Waals surface area contributed by atoms with E-state index in [0.29, 0.717) is 11.8 Å². The van der Waals surface area contributed by atoms with Crippen LogP contribution in [0.15, 0.2) is 60.8 Å². The minimum absolute atomic E-state index is 0.0876. The standard InChI is InChI=1S/C27H32N4O2/c1-19-16-29-26(20(2)32)18-31(19)17-22-6-3-7-23(15-22)25-13-14-28-27(30-25)8-4-5-21-9-11-24(33)12-10-21/h3,6-7,9-15,19,26,29,33H,4-5,8,16-18H2,1-2H3/t19-,26+/m0/s1. The molecule has 2 aromatic carbocycles. The number of phenolic OH excluding ortho intramolecular Hbond substituents is 1. The highest BCUT2D eigenvalue weighted by molar-refractivity contribution is 5.81. The molecule has 1 aliphatic heterocycles. The van der Waals surface area contributed by atoms with Gasteiger partial charge < -0.3 is 10.4 Å². The molecule has 1 saturated heterocycles. The van der Waals surface area contributed by atoms with Crippen molar-refractivity contribution in [2.45, 2.75) is 51.7 Å². The lowest BCUT2D eigenvalue weighted by Crippen LogP contribution is -2.57. The van der Waals surface area contributed by atoms with Crippen LogP contribution in [-0.4, -0.2) is 50.9 Å². The molecule has 172 valence electrons. The van der Waals surface area contributed by atoms with Crippen molar-refractivity contribution >= 4 is 5.78 Å². The molecular weight excluding hydrogens is 412 g/mol. The van der Waals surface area contributed by atoms with Gasteiger partial charge in [0.25, 0.3) is 0 Å². The minimum Gasteiger partial charge on any atom is -0.508 e. The second kappa shape index (κ2) is 10.7. The Morgan fingerprint density at radius 3 is 2.73 bits per heavy atom. The molecule has 0 amide bonds. The van der Waals surface area contributed by atoms with Crippen LogP contribution in [0.5, 0.6) is 5.75 Å². The molecule has 0 saturated carbocycles. The number of aryl methyl sites for hydroxylation is 2. The average molecular weight is 445 g/mol. The van der Waals surface area contributed by atoms with Gasteiger partial charge >= 0.3 is 0 Å². The average Bonchev–Trinajstić information content (AvgIpc) is 2.82. The predicted octanol–water partition coefficient (Wildman–Crippen LogP) is 3.78. The number of phenols is 1. The zero-order valence-corrected chi connectivity index (χ0v) is 19.4. The van der Waals surface area contributed by atoms with Crippen molar-refractivity contribution in [2.75, 3.05) is 13.1 Å². The largest absolute Gasteiger partial charge is 0.508 e. The van der Waals surface area contributed by atoms with Gasteiger partial charge in [-0.15, -0.1) is 0 Å². The van der Waals surface area contributed by atoms with Crippen LogP contribution >= 0.6 is 0 Å². The van der Waals surface area contributed by atoms with Gasteiger partial charge in [0.2, 0.25) is 0 Å². The highest BCUT2D eigenvalue weighted by Crippen LogP contribution is 2.21. The first-order chi connectivity index (χ1) is 16.0. The molecule has 0 spiro atoms. The van der Waals surface area contributed by atoms with Crippen LogP contribution in [-0.2, 0) is 24.2 Å². The summed E-state index contributed by atoms with van der Waals surface area (Å²) in [6, 6.07) is 18.1. The lowest BCUT2D eigenvalue weighted by Gasteiger charge is -2.38. The molecule has 3 aromatic rings. The highest BCUT2D eigenvalue weighted by atomic mass is 16.3. The summed E-state index contributed by atoms with van der Waals surface area (Å²) in [5, 5.41) is 12.8. The Labute approximate surface area is 195 Å². The molecular formula is C27H32N4O2. The van der Waals surface area contributed by atoms with Crippen LogP contribution in [0.3, 0.4) is 0 Å². The number of aromatic nitrogens is 2. The van der Waals surface area contributed by atoms with E-state index in [0.717, 1.165) is 56.0 Å². The number of carbonyl (C=O) groups excluding carboxylic acids is 1. The number of nitrogens with one attached hydrogen (secondary N) is 1. The van der Waals surface area contributed by atoms with Crippen LogP contribution in [0.25, 0.3) is 11.3 Å². The summed E-state index contributed by atoms with van der Waals surface area (Å²) in [7, 11) is 0. The number of carbonyl (C=O) groups is 1. The molecule has 2 atom stereocenters. The number of rotatable bonds is 8. The molecule has 0 unspecified atom stereocenters. The van der Waals surface area contributed by atoms with E-state index < -0.39 is 0 Å². The molecule has 33 heavy (non-hydrogen) atoms. The van der Waals surface area contributed by atoms with Crippen molar-refractivity contribution in [3.63, 3.8) is 0 Å². The monoisotopic (exact) mass is 444 g/mol. The van der Waals surface area contributed by atoms with E-state index in [4.69, 9.17) is 4.98 Å². The summed E-state index contributed by atoms with van der Waals surface area (Å²) < 4.78 is 0. The third-order valence-electron chi connectivity index (χ3n) is 6.31. The van der Waals surface area contributed by atoms with Crippen molar-refractivity contribution in [3.8, 4) is 17.0 Å². The van der Waals surface area contributed by atoms with Crippen LogP contribution in [0.1, 0.15) is 37.2 Å². The number of piperazine rings is 1. The van der Waals surface area contributed by atoms with Gasteiger partial charge in [-0.1, -0.05) is 30.3 Å². The summed E-state index contributed by atoms with van der Waals surface area (Å²) >= 11 is 0. The van der Waals surface area contributed by atoms with Crippen molar-refractivity contribution in [3.05, 3.63) is 77.7 Å². The number of nitrogens with zero attached hydrogens (tertiary/aromatic N) is 3. The first-order valence-electron chi connectivity index (χ1n) is 11.6. The number of Topliss-reactive ketones (excluding diaryl/α,β-unsaturated/α-hetero) is 1. The third kappa shape index (κ3) is 6.24. The SMILES string of the molecule is CC(=O)[C@H]1CN(Cc2cccc(-c3ccnc(CCCc4ccc(O)cc4)n3)c2)[C@@H](C)CN1. The Morgan fingerprint density at radius 2 is 1.94 bits per heavy atom. The fourth-order valence-corrected chi connectivity index (χ4v) is 4.27. The van der Waals surface area contributed by atoms with E-state index >= 15 is 0 Å². The second-order valence-corrected chi connectivity index (χ2v) is 8.93. The normalized spacial score (nSPS) is 18.8. The fraction of sp³-hybridized carbons (Fsp3) is 0.370.